The first-order chi connectivity index (χ1) is 12.3. The summed E-state index contributed by atoms with van der Waals surface area (Å²) in [5.41, 5.74) is 2.17. The summed E-state index contributed by atoms with van der Waals surface area (Å²) in [5, 5.41) is 4.27. The second-order valence-electron chi connectivity index (χ2n) is 6.40. The summed E-state index contributed by atoms with van der Waals surface area (Å²) in [5.74, 6) is 0. The third kappa shape index (κ3) is 3.53. The van der Waals surface area contributed by atoms with Crippen LogP contribution in [0.3, 0.4) is 0 Å². The molecular formula is C18H23N5OS. The minimum atomic E-state index is 0.0528. The van der Waals surface area contributed by atoms with E-state index in [0.29, 0.717) is 0 Å². The van der Waals surface area contributed by atoms with Gasteiger partial charge in [0.1, 0.15) is 0 Å². The van der Waals surface area contributed by atoms with Gasteiger partial charge in [-0.15, -0.1) is 0 Å². The molecule has 0 bridgehead atoms. The van der Waals surface area contributed by atoms with E-state index in [4.69, 9.17) is 17.0 Å². The van der Waals surface area contributed by atoms with Crippen LogP contribution in [0.25, 0.3) is 0 Å². The van der Waals surface area contributed by atoms with E-state index >= 15 is 0 Å². The maximum Gasteiger partial charge on any atom is 0.170 e. The maximum atomic E-state index is 5.67. The molecule has 0 aliphatic carbocycles. The van der Waals surface area contributed by atoms with Gasteiger partial charge in [0.2, 0.25) is 0 Å². The van der Waals surface area contributed by atoms with Gasteiger partial charge in [-0.1, -0.05) is 6.07 Å². The number of hydrogen-bond acceptors (Lipinski definition) is 4. The van der Waals surface area contributed by atoms with Crippen LogP contribution in [0, 0.1) is 0 Å². The van der Waals surface area contributed by atoms with Crippen LogP contribution in [-0.4, -0.2) is 64.3 Å². The molecule has 4 rings (SSSR count). The van der Waals surface area contributed by atoms with Crippen LogP contribution in [0.1, 0.15) is 23.5 Å². The van der Waals surface area contributed by atoms with Crippen LogP contribution in [-0.2, 0) is 4.74 Å². The quantitative estimate of drug-likeness (QED) is 0.795. The van der Waals surface area contributed by atoms with Crippen molar-refractivity contribution in [2.75, 3.05) is 39.4 Å². The third-order valence-corrected chi connectivity index (χ3v) is 5.25. The molecule has 2 fully saturated rings. The van der Waals surface area contributed by atoms with Crippen LogP contribution >= 0.6 is 12.2 Å². The lowest BCUT2D eigenvalue weighted by molar-refractivity contribution is 0.0350. The van der Waals surface area contributed by atoms with Crippen LogP contribution in [0.4, 0.5) is 0 Å². The minimum Gasteiger partial charge on any atom is -0.379 e. The third-order valence-electron chi connectivity index (χ3n) is 4.90. The second-order valence-corrected chi connectivity index (χ2v) is 6.79. The molecule has 0 aromatic carbocycles. The molecule has 0 amide bonds. The van der Waals surface area contributed by atoms with E-state index in [1.54, 1.807) is 0 Å². The standard InChI is InChI=1S/C18H23N5OS/c25-18-21-16(14-4-1-2-6-19-14)17(15-5-3-7-20-15)23(18)9-8-22-10-12-24-13-11-22/h1-7,16-17,20H,8-13H2,(H,21,25). The SMILES string of the molecule is S=C1NC(c2ccccn2)C(c2ccc[nH]2)N1CCN1CCOCC1. The molecule has 0 saturated carbocycles. The first-order valence-corrected chi connectivity index (χ1v) is 9.15. The lowest BCUT2D eigenvalue weighted by Gasteiger charge is -2.31. The van der Waals surface area contributed by atoms with Gasteiger partial charge in [0.05, 0.1) is 31.0 Å². The number of hydrogen-bond donors (Lipinski definition) is 2. The Kier molecular flexibility index (Phi) is 4.96. The lowest BCUT2D eigenvalue weighted by Crippen LogP contribution is -2.42. The van der Waals surface area contributed by atoms with E-state index < -0.39 is 0 Å². The monoisotopic (exact) mass is 357 g/mol. The molecule has 25 heavy (non-hydrogen) atoms. The normalized spacial score (nSPS) is 24.5. The highest BCUT2D eigenvalue weighted by atomic mass is 32.1. The smallest absolute Gasteiger partial charge is 0.170 e. The summed E-state index contributed by atoms with van der Waals surface area (Å²) >= 11 is 5.67. The van der Waals surface area contributed by atoms with E-state index in [1.165, 1.54) is 0 Å². The van der Waals surface area contributed by atoms with Crippen molar-refractivity contribution in [1.29, 1.82) is 0 Å². The van der Waals surface area contributed by atoms with Crippen LogP contribution in [0.2, 0.25) is 0 Å². The van der Waals surface area contributed by atoms with E-state index in [9.17, 15) is 0 Å². The molecular weight excluding hydrogens is 334 g/mol. The highest BCUT2D eigenvalue weighted by Crippen LogP contribution is 2.37. The second kappa shape index (κ2) is 7.51. The van der Waals surface area contributed by atoms with Crippen molar-refractivity contribution < 1.29 is 4.74 Å². The van der Waals surface area contributed by atoms with Gasteiger partial charge < -0.3 is 19.9 Å². The van der Waals surface area contributed by atoms with Crippen LogP contribution < -0.4 is 5.32 Å². The predicted octanol–water partition coefficient (Wildman–Crippen LogP) is 1.71. The number of rotatable bonds is 5. The van der Waals surface area contributed by atoms with Gasteiger partial charge in [-0.2, -0.15) is 0 Å². The molecule has 2 saturated heterocycles. The number of pyridine rings is 1. The molecule has 0 radical (unpaired) electrons. The summed E-state index contributed by atoms with van der Waals surface area (Å²) in [6, 6.07) is 10.4. The molecule has 2 unspecified atom stereocenters. The van der Waals surface area contributed by atoms with E-state index in [-0.39, 0.29) is 12.1 Å². The topological polar surface area (TPSA) is 56.4 Å². The highest BCUT2D eigenvalue weighted by Gasteiger charge is 2.40. The molecule has 7 heteroatoms. The Balaban J connectivity index is 1.55. The summed E-state index contributed by atoms with van der Waals surface area (Å²) in [4.78, 5) is 12.6. The van der Waals surface area contributed by atoms with Crippen molar-refractivity contribution in [3.63, 3.8) is 0 Å². The van der Waals surface area contributed by atoms with Crippen LogP contribution in [0.15, 0.2) is 42.7 Å². The zero-order valence-electron chi connectivity index (χ0n) is 14.1. The Morgan fingerprint density at radius 1 is 1.16 bits per heavy atom. The largest absolute Gasteiger partial charge is 0.379 e. The summed E-state index contributed by atoms with van der Waals surface area (Å²) in [7, 11) is 0. The molecule has 2 atom stereocenters. The Hall–Kier alpha value is -1.96. The number of aromatic nitrogens is 2. The number of morpholine rings is 1. The number of aromatic amines is 1. The van der Waals surface area contributed by atoms with Crippen molar-refractivity contribution >= 4 is 17.3 Å². The average molecular weight is 357 g/mol. The van der Waals surface area contributed by atoms with E-state index in [2.05, 4.69) is 37.2 Å². The van der Waals surface area contributed by atoms with Gasteiger partial charge >= 0.3 is 0 Å². The van der Waals surface area contributed by atoms with Gasteiger partial charge in [-0.3, -0.25) is 9.88 Å². The zero-order valence-corrected chi connectivity index (χ0v) is 14.9. The molecule has 2 aromatic heterocycles. The van der Waals surface area contributed by atoms with Gasteiger partial charge in [0.15, 0.2) is 5.11 Å². The molecule has 2 aliphatic heterocycles. The van der Waals surface area contributed by atoms with Crippen molar-refractivity contribution in [2.24, 2.45) is 0 Å². The fraction of sp³-hybridized carbons (Fsp3) is 0.444. The van der Waals surface area contributed by atoms with Gasteiger partial charge in [0, 0.05) is 44.3 Å². The van der Waals surface area contributed by atoms with Crippen molar-refractivity contribution in [1.82, 2.24) is 25.1 Å². The molecule has 2 aliphatic rings. The molecule has 6 nitrogen and oxygen atoms in total. The fourth-order valence-electron chi connectivity index (χ4n) is 3.59. The Morgan fingerprint density at radius 2 is 2.04 bits per heavy atom. The predicted molar refractivity (Wildman–Crippen MR) is 100 cm³/mol. The molecule has 4 heterocycles. The summed E-state index contributed by atoms with van der Waals surface area (Å²) in [6.45, 7) is 5.49. The minimum absolute atomic E-state index is 0.0528. The first kappa shape index (κ1) is 16.5. The Bertz CT molecular complexity index is 687. The number of H-pyrrole nitrogens is 1. The summed E-state index contributed by atoms with van der Waals surface area (Å²) in [6.07, 6.45) is 3.80. The van der Waals surface area contributed by atoms with Gasteiger partial charge in [0.25, 0.3) is 0 Å². The average Bonchev–Trinajstić information content (AvgIpc) is 3.29. The fourth-order valence-corrected chi connectivity index (χ4v) is 3.92. The number of nitrogens with one attached hydrogen (secondary N) is 2. The number of nitrogens with zero attached hydrogens (tertiary/aromatic N) is 3. The first-order valence-electron chi connectivity index (χ1n) is 8.74. The van der Waals surface area contributed by atoms with E-state index in [0.717, 1.165) is 55.9 Å². The van der Waals surface area contributed by atoms with Crippen molar-refractivity contribution in [2.45, 2.75) is 12.1 Å². The van der Waals surface area contributed by atoms with E-state index in [1.807, 2.05) is 30.6 Å². The number of ether oxygens (including phenoxy) is 1. The Labute approximate surface area is 153 Å². The maximum absolute atomic E-state index is 5.67. The summed E-state index contributed by atoms with van der Waals surface area (Å²) < 4.78 is 5.44. The van der Waals surface area contributed by atoms with Crippen molar-refractivity contribution in [3.05, 3.63) is 54.1 Å². The van der Waals surface area contributed by atoms with Gasteiger partial charge in [-0.25, -0.2) is 0 Å². The highest BCUT2D eigenvalue weighted by molar-refractivity contribution is 7.80. The molecule has 132 valence electrons. The van der Waals surface area contributed by atoms with Crippen LogP contribution in [0.5, 0.6) is 0 Å². The van der Waals surface area contributed by atoms with Gasteiger partial charge in [-0.05, 0) is 36.5 Å². The molecule has 2 N–H and O–H groups in total. The van der Waals surface area contributed by atoms with Crippen molar-refractivity contribution in [3.8, 4) is 0 Å². The number of thiocarbonyl (C=S) groups is 1. The zero-order chi connectivity index (χ0) is 17.1. The Morgan fingerprint density at radius 3 is 2.76 bits per heavy atom. The molecule has 2 aromatic rings. The molecule has 0 spiro atoms. The lowest BCUT2D eigenvalue weighted by atomic mass is 10.0.